The third-order valence-corrected chi connectivity index (χ3v) is 4.13. The van der Waals surface area contributed by atoms with Crippen LogP contribution in [0, 0.1) is 0 Å². The van der Waals surface area contributed by atoms with E-state index in [-0.39, 0.29) is 17.0 Å². The van der Waals surface area contributed by atoms with Crippen LogP contribution in [0.3, 0.4) is 0 Å². The van der Waals surface area contributed by atoms with Crippen molar-refractivity contribution in [2.24, 2.45) is 0 Å². The summed E-state index contributed by atoms with van der Waals surface area (Å²) in [5, 5.41) is 0. The number of hydrogen-bond donors (Lipinski definition) is 0. The van der Waals surface area contributed by atoms with Gasteiger partial charge in [-0.1, -0.05) is 62.1 Å². The first-order chi connectivity index (χ1) is 10.1. The largest absolute Gasteiger partial charge is 1.00 e. The van der Waals surface area contributed by atoms with Gasteiger partial charge in [0, 0.05) is 5.56 Å². The fourth-order valence-corrected chi connectivity index (χ4v) is 2.87. The summed E-state index contributed by atoms with van der Waals surface area (Å²) in [5.74, 6) is 0. The Labute approximate surface area is 148 Å². The van der Waals surface area contributed by atoms with Gasteiger partial charge in [0.2, 0.25) is 0 Å². The molecule has 126 valence electrons. The Morgan fingerprint density at radius 3 is 2.00 bits per heavy atom. The second-order valence-electron chi connectivity index (χ2n) is 6.86. The molecule has 0 radical (unpaired) electrons. The topological polar surface area (TPSA) is 0 Å². The molecule has 0 atom stereocenters. The van der Waals surface area contributed by atoms with Gasteiger partial charge in [0.25, 0.3) is 0 Å². The fourth-order valence-electron chi connectivity index (χ4n) is 2.87. The van der Waals surface area contributed by atoms with Crippen molar-refractivity contribution in [3.63, 3.8) is 0 Å². The lowest BCUT2D eigenvalue weighted by Gasteiger charge is -2.30. The van der Waals surface area contributed by atoms with E-state index in [0.29, 0.717) is 0 Å². The van der Waals surface area contributed by atoms with Gasteiger partial charge in [-0.3, -0.25) is 0 Å². The molecule has 1 nitrogen and oxygen atoms in total. The quantitative estimate of drug-likeness (QED) is 0.302. The van der Waals surface area contributed by atoms with E-state index in [4.69, 9.17) is 0 Å². The molecule has 0 spiro atoms. The number of nitrogens with zero attached hydrogens (tertiary/aromatic N) is 1. The van der Waals surface area contributed by atoms with Crippen molar-refractivity contribution in [3.05, 3.63) is 48.6 Å². The minimum atomic E-state index is 0. The van der Waals surface area contributed by atoms with E-state index in [2.05, 4.69) is 51.0 Å². The van der Waals surface area contributed by atoms with Crippen molar-refractivity contribution >= 4 is 0 Å². The zero-order valence-corrected chi connectivity index (χ0v) is 16.2. The molecule has 1 aromatic carbocycles. The first-order valence-electron chi connectivity index (χ1n) is 8.61. The summed E-state index contributed by atoms with van der Waals surface area (Å²) in [4.78, 5) is 0. The molecule has 0 bridgehead atoms. The monoisotopic (exact) mass is 367 g/mol. The average Bonchev–Trinajstić information content (AvgIpc) is 2.46. The lowest BCUT2D eigenvalue weighted by atomic mass is 10.1. The first-order valence-corrected chi connectivity index (χ1v) is 8.61. The summed E-state index contributed by atoms with van der Waals surface area (Å²) < 4.78 is 1.10. The summed E-state index contributed by atoms with van der Waals surface area (Å²) in [7, 11) is 4.70. The molecule has 0 amide bonds. The lowest BCUT2D eigenvalue weighted by Crippen LogP contribution is -3.00. The van der Waals surface area contributed by atoms with Gasteiger partial charge >= 0.3 is 0 Å². The highest BCUT2D eigenvalue weighted by molar-refractivity contribution is 5.13. The van der Waals surface area contributed by atoms with Gasteiger partial charge in [0.05, 0.1) is 20.6 Å². The van der Waals surface area contributed by atoms with E-state index >= 15 is 0 Å². The number of rotatable bonds is 12. The number of hydrogen-bond acceptors (Lipinski definition) is 0. The van der Waals surface area contributed by atoms with Crippen LogP contribution < -0.4 is 17.0 Å². The van der Waals surface area contributed by atoms with E-state index in [0.717, 1.165) is 11.0 Å². The first kappa shape index (κ1) is 21.4. The van der Waals surface area contributed by atoms with Crippen LogP contribution in [0.5, 0.6) is 0 Å². The molecule has 0 heterocycles. The number of allylic oxidation sites excluding steroid dienone is 1. The van der Waals surface area contributed by atoms with Crippen molar-refractivity contribution in [3.8, 4) is 0 Å². The highest BCUT2D eigenvalue weighted by Gasteiger charge is 2.14. The van der Waals surface area contributed by atoms with Gasteiger partial charge in [0.1, 0.15) is 6.54 Å². The second kappa shape index (κ2) is 12.9. The summed E-state index contributed by atoms with van der Waals surface area (Å²) in [6, 6.07) is 10.9. The van der Waals surface area contributed by atoms with E-state index in [1.165, 1.54) is 63.5 Å². The van der Waals surface area contributed by atoms with Gasteiger partial charge in [-0.25, -0.2) is 0 Å². The van der Waals surface area contributed by atoms with Crippen molar-refractivity contribution in [1.82, 2.24) is 0 Å². The summed E-state index contributed by atoms with van der Waals surface area (Å²) in [5.41, 5.74) is 1.45. The van der Waals surface area contributed by atoms with Crippen LogP contribution in [0.15, 0.2) is 43.0 Å². The molecule has 2 heteroatoms. The van der Waals surface area contributed by atoms with Gasteiger partial charge < -0.3 is 21.5 Å². The van der Waals surface area contributed by atoms with E-state index in [9.17, 15) is 0 Å². The van der Waals surface area contributed by atoms with Gasteiger partial charge in [-0.15, -0.1) is 6.58 Å². The van der Waals surface area contributed by atoms with Gasteiger partial charge in [-0.05, 0) is 25.7 Å². The van der Waals surface area contributed by atoms with Crippen LogP contribution in [-0.4, -0.2) is 25.1 Å². The standard InChI is InChI=1S/C20H34N.BrH/c1-4-5-6-7-8-9-10-11-15-18-21(2,3)19-20-16-13-12-14-17-20;/h4,12-14,16-17H,1,5-11,15,18-19H2,2-3H3;1H/q+1;/p-1. The van der Waals surface area contributed by atoms with Crippen LogP contribution in [0.1, 0.15) is 56.9 Å². The molecule has 22 heavy (non-hydrogen) atoms. The SMILES string of the molecule is C=CCCCCCCCCC[N+](C)(C)Cc1ccccc1.[Br-]. The minimum Gasteiger partial charge on any atom is -1.00 e. The van der Waals surface area contributed by atoms with E-state index in [1.807, 2.05) is 6.08 Å². The Kier molecular flexibility index (Phi) is 12.5. The van der Waals surface area contributed by atoms with Crippen molar-refractivity contribution < 1.29 is 21.5 Å². The Morgan fingerprint density at radius 1 is 0.864 bits per heavy atom. The predicted molar refractivity (Wildman–Crippen MR) is 94.3 cm³/mol. The molecule has 0 saturated heterocycles. The zero-order valence-electron chi connectivity index (χ0n) is 14.6. The van der Waals surface area contributed by atoms with Crippen LogP contribution in [0.25, 0.3) is 0 Å². The van der Waals surface area contributed by atoms with Gasteiger partial charge in [-0.2, -0.15) is 0 Å². The second-order valence-corrected chi connectivity index (χ2v) is 6.86. The van der Waals surface area contributed by atoms with Crippen molar-refractivity contribution in [1.29, 1.82) is 0 Å². The molecule has 0 fully saturated rings. The normalized spacial score (nSPS) is 11.0. The third kappa shape index (κ3) is 11.0. The van der Waals surface area contributed by atoms with E-state index < -0.39 is 0 Å². The molecule has 1 aromatic rings. The lowest BCUT2D eigenvalue weighted by molar-refractivity contribution is -0.903. The molecular formula is C20H34BrN. The Bertz CT molecular complexity index is 373. The summed E-state index contributed by atoms with van der Waals surface area (Å²) >= 11 is 0. The Hall–Kier alpha value is -0.600. The molecule has 0 N–H and O–H groups in total. The number of unbranched alkanes of at least 4 members (excludes halogenated alkanes) is 7. The highest BCUT2D eigenvalue weighted by atomic mass is 79.9. The van der Waals surface area contributed by atoms with Crippen LogP contribution in [0.4, 0.5) is 0 Å². The van der Waals surface area contributed by atoms with Crippen LogP contribution in [-0.2, 0) is 6.54 Å². The molecule has 0 aliphatic carbocycles. The van der Waals surface area contributed by atoms with E-state index in [1.54, 1.807) is 0 Å². The number of halogens is 1. The van der Waals surface area contributed by atoms with Crippen LogP contribution >= 0.6 is 0 Å². The molecule has 0 aliphatic heterocycles. The smallest absolute Gasteiger partial charge is 0.104 e. The zero-order chi connectivity index (χ0) is 15.4. The number of benzene rings is 1. The predicted octanol–water partition coefficient (Wildman–Crippen LogP) is 2.57. The van der Waals surface area contributed by atoms with Crippen LogP contribution in [0.2, 0.25) is 0 Å². The Morgan fingerprint density at radius 2 is 1.41 bits per heavy atom. The minimum absolute atomic E-state index is 0. The Balaban J connectivity index is 0.00000441. The maximum atomic E-state index is 3.77. The van der Waals surface area contributed by atoms with Crippen molar-refractivity contribution in [2.45, 2.75) is 57.9 Å². The summed E-state index contributed by atoms with van der Waals surface area (Å²) in [6.07, 6.45) is 12.9. The van der Waals surface area contributed by atoms with Crippen molar-refractivity contribution in [2.75, 3.05) is 20.6 Å². The maximum absolute atomic E-state index is 3.77. The van der Waals surface area contributed by atoms with Gasteiger partial charge in [0.15, 0.2) is 0 Å². The maximum Gasteiger partial charge on any atom is 0.104 e. The number of quaternary nitrogens is 1. The molecule has 0 saturated carbocycles. The average molecular weight is 368 g/mol. The summed E-state index contributed by atoms with van der Waals surface area (Å²) in [6.45, 7) is 6.19. The highest BCUT2D eigenvalue weighted by Crippen LogP contribution is 2.13. The molecule has 0 aromatic heterocycles. The molecule has 0 unspecified atom stereocenters. The third-order valence-electron chi connectivity index (χ3n) is 4.13. The fraction of sp³-hybridized carbons (Fsp3) is 0.600. The molecular weight excluding hydrogens is 334 g/mol. The molecule has 1 rings (SSSR count). The molecule has 0 aliphatic rings.